The lowest BCUT2D eigenvalue weighted by molar-refractivity contribution is 0.166. The van der Waals surface area contributed by atoms with Crippen LogP contribution in [0.1, 0.15) is 50.2 Å². The Balaban J connectivity index is 0.00000363. The first-order valence-corrected chi connectivity index (χ1v) is 12.1. The molecule has 7 heteroatoms. The number of ether oxygens (including phenoxy) is 2. The van der Waals surface area contributed by atoms with Crippen LogP contribution >= 0.6 is 24.0 Å². The summed E-state index contributed by atoms with van der Waals surface area (Å²) in [6.45, 7) is 12.3. The quantitative estimate of drug-likeness (QED) is 0.195. The Morgan fingerprint density at radius 2 is 2.12 bits per heavy atom. The van der Waals surface area contributed by atoms with E-state index in [1.807, 2.05) is 7.05 Å². The van der Waals surface area contributed by atoms with Gasteiger partial charge in [-0.15, -0.1) is 24.0 Å². The van der Waals surface area contributed by atoms with E-state index in [0.717, 1.165) is 62.4 Å². The van der Waals surface area contributed by atoms with Crippen molar-refractivity contribution in [2.75, 3.05) is 53.0 Å². The molecule has 32 heavy (non-hydrogen) atoms. The second kappa shape index (κ2) is 15.0. The lowest BCUT2D eigenvalue weighted by Crippen LogP contribution is -2.38. The van der Waals surface area contributed by atoms with Crippen LogP contribution in [0.5, 0.6) is 5.75 Å². The molecule has 1 aromatic carbocycles. The Morgan fingerprint density at radius 1 is 1.25 bits per heavy atom. The highest BCUT2D eigenvalue weighted by Gasteiger charge is 2.17. The summed E-state index contributed by atoms with van der Waals surface area (Å²) in [7, 11) is 1.83. The molecule has 2 saturated heterocycles. The van der Waals surface area contributed by atoms with Crippen molar-refractivity contribution >= 4 is 29.9 Å². The van der Waals surface area contributed by atoms with Gasteiger partial charge in [0, 0.05) is 44.8 Å². The van der Waals surface area contributed by atoms with Gasteiger partial charge in [-0.1, -0.05) is 19.1 Å². The Morgan fingerprint density at radius 3 is 2.88 bits per heavy atom. The molecule has 2 atom stereocenters. The molecule has 1 aromatic rings. The lowest BCUT2D eigenvalue weighted by atomic mass is 10.0. The van der Waals surface area contributed by atoms with Gasteiger partial charge in [-0.2, -0.15) is 0 Å². The van der Waals surface area contributed by atoms with Gasteiger partial charge in [0.1, 0.15) is 5.75 Å². The van der Waals surface area contributed by atoms with E-state index in [1.165, 1.54) is 44.5 Å². The SMILES string of the molecule is CN=C(NCCCCN1CCCC(C)C1)NCc1ccc(C)cc1OCC1CCOC1.I. The van der Waals surface area contributed by atoms with Crippen molar-refractivity contribution in [1.29, 1.82) is 0 Å². The highest BCUT2D eigenvalue weighted by molar-refractivity contribution is 14.0. The van der Waals surface area contributed by atoms with Crippen molar-refractivity contribution in [1.82, 2.24) is 15.5 Å². The van der Waals surface area contributed by atoms with E-state index in [-0.39, 0.29) is 24.0 Å². The highest BCUT2D eigenvalue weighted by Crippen LogP contribution is 2.22. The predicted molar refractivity (Wildman–Crippen MR) is 143 cm³/mol. The number of piperidine rings is 1. The summed E-state index contributed by atoms with van der Waals surface area (Å²) in [5.74, 6) is 3.17. The minimum atomic E-state index is 0. The van der Waals surface area contributed by atoms with Crippen LogP contribution in [0.25, 0.3) is 0 Å². The van der Waals surface area contributed by atoms with Crippen LogP contribution in [-0.2, 0) is 11.3 Å². The standard InChI is InChI=1S/C25H42N4O2.HI/c1-20-8-9-23(24(15-20)31-19-22-10-14-30-18-22)16-28-25(26-3)27-11-4-5-12-29-13-6-7-21(2)17-29;/h8-9,15,21-22H,4-7,10-14,16-19H2,1-3H3,(H2,26,27,28);1H. The highest BCUT2D eigenvalue weighted by atomic mass is 127. The molecule has 2 heterocycles. The fraction of sp³-hybridized carbons (Fsp3) is 0.720. The molecule has 3 rings (SSSR count). The van der Waals surface area contributed by atoms with Crippen molar-refractivity contribution in [3.05, 3.63) is 29.3 Å². The van der Waals surface area contributed by atoms with E-state index in [2.05, 4.69) is 52.6 Å². The largest absolute Gasteiger partial charge is 0.493 e. The fourth-order valence-electron chi connectivity index (χ4n) is 4.42. The van der Waals surface area contributed by atoms with Crippen molar-refractivity contribution in [3.8, 4) is 5.75 Å². The number of benzene rings is 1. The molecule has 2 unspecified atom stereocenters. The number of nitrogens with zero attached hydrogens (tertiary/aromatic N) is 2. The number of guanidine groups is 1. The molecule has 2 fully saturated rings. The number of aryl methyl sites for hydroxylation is 1. The van der Waals surface area contributed by atoms with Crippen LogP contribution in [0.2, 0.25) is 0 Å². The zero-order chi connectivity index (χ0) is 21.9. The molecule has 182 valence electrons. The minimum Gasteiger partial charge on any atom is -0.493 e. The molecule has 6 nitrogen and oxygen atoms in total. The van der Waals surface area contributed by atoms with Crippen molar-refractivity contribution in [2.24, 2.45) is 16.8 Å². The van der Waals surface area contributed by atoms with Gasteiger partial charge in [0.25, 0.3) is 0 Å². The summed E-state index contributed by atoms with van der Waals surface area (Å²) in [6.07, 6.45) is 6.23. The molecular formula is C25H43IN4O2. The molecule has 2 aliphatic rings. The number of rotatable bonds is 10. The second-order valence-electron chi connectivity index (χ2n) is 9.26. The van der Waals surface area contributed by atoms with E-state index in [9.17, 15) is 0 Å². The number of halogens is 1. The third kappa shape index (κ3) is 9.43. The Kier molecular flexibility index (Phi) is 12.7. The summed E-state index contributed by atoms with van der Waals surface area (Å²) in [6, 6.07) is 6.42. The first-order valence-electron chi connectivity index (χ1n) is 12.1. The van der Waals surface area contributed by atoms with Gasteiger partial charge in [-0.05, 0) is 69.7 Å². The molecule has 0 aliphatic carbocycles. The third-order valence-corrected chi connectivity index (χ3v) is 6.33. The number of aliphatic imine (C=N–C) groups is 1. The van der Waals surface area contributed by atoms with Gasteiger partial charge in [-0.3, -0.25) is 4.99 Å². The molecular weight excluding hydrogens is 515 g/mol. The normalized spacial score (nSPS) is 21.8. The maximum absolute atomic E-state index is 6.16. The number of nitrogens with one attached hydrogen (secondary N) is 2. The van der Waals surface area contributed by atoms with Gasteiger partial charge in [-0.25, -0.2) is 0 Å². The van der Waals surface area contributed by atoms with Gasteiger partial charge in [0.15, 0.2) is 5.96 Å². The Bertz CT molecular complexity index is 695. The molecule has 2 N–H and O–H groups in total. The maximum atomic E-state index is 6.16. The van der Waals surface area contributed by atoms with Gasteiger partial charge in [0.2, 0.25) is 0 Å². The average molecular weight is 559 g/mol. The van der Waals surface area contributed by atoms with Crippen molar-refractivity contribution < 1.29 is 9.47 Å². The summed E-state index contributed by atoms with van der Waals surface area (Å²) in [5.41, 5.74) is 2.37. The molecule has 0 amide bonds. The zero-order valence-electron chi connectivity index (χ0n) is 20.2. The topological polar surface area (TPSA) is 58.1 Å². The van der Waals surface area contributed by atoms with Gasteiger partial charge >= 0.3 is 0 Å². The second-order valence-corrected chi connectivity index (χ2v) is 9.26. The van der Waals surface area contributed by atoms with E-state index < -0.39 is 0 Å². The minimum absolute atomic E-state index is 0. The monoisotopic (exact) mass is 558 g/mol. The van der Waals surface area contributed by atoms with Crippen LogP contribution < -0.4 is 15.4 Å². The van der Waals surface area contributed by atoms with Crippen LogP contribution in [0, 0.1) is 18.8 Å². The molecule has 0 saturated carbocycles. The molecule has 0 radical (unpaired) electrons. The van der Waals surface area contributed by atoms with E-state index >= 15 is 0 Å². The molecule has 0 spiro atoms. The third-order valence-electron chi connectivity index (χ3n) is 6.33. The van der Waals surface area contributed by atoms with Crippen LogP contribution in [-0.4, -0.2) is 63.9 Å². The lowest BCUT2D eigenvalue weighted by Gasteiger charge is -2.30. The van der Waals surface area contributed by atoms with Crippen molar-refractivity contribution in [2.45, 2.75) is 52.5 Å². The maximum Gasteiger partial charge on any atom is 0.191 e. The van der Waals surface area contributed by atoms with Crippen LogP contribution in [0.15, 0.2) is 23.2 Å². The average Bonchev–Trinajstić information content (AvgIpc) is 3.29. The molecule has 2 aliphatic heterocycles. The molecule has 0 bridgehead atoms. The summed E-state index contributed by atoms with van der Waals surface area (Å²) in [5, 5.41) is 6.90. The Labute approximate surface area is 211 Å². The van der Waals surface area contributed by atoms with E-state index in [1.54, 1.807) is 0 Å². The number of likely N-dealkylation sites (tertiary alicyclic amines) is 1. The first kappa shape index (κ1) is 27.2. The summed E-state index contributed by atoms with van der Waals surface area (Å²) < 4.78 is 11.6. The fourth-order valence-corrected chi connectivity index (χ4v) is 4.42. The summed E-state index contributed by atoms with van der Waals surface area (Å²) in [4.78, 5) is 7.01. The molecule has 0 aromatic heterocycles. The number of hydrogen-bond donors (Lipinski definition) is 2. The van der Waals surface area contributed by atoms with Crippen LogP contribution in [0.3, 0.4) is 0 Å². The van der Waals surface area contributed by atoms with Crippen LogP contribution in [0.4, 0.5) is 0 Å². The Hall–Kier alpha value is -1.06. The predicted octanol–water partition coefficient (Wildman–Crippen LogP) is 4.21. The van der Waals surface area contributed by atoms with Crippen molar-refractivity contribution in [3.63, 3.8) is 0 Å². The van der Waals surface area contributed by atoms with Gasteiger partial charge < -0.3 is 25.0 Å². The van der Waals surface area contributed by atoms with E-state index in [0.29, 0.717) is 12.5 Å². The first-order chi connectivity index (χ1) is 15.1. The van der Waals surface area contributed by atoms with E-state index in [4.69, 9.17) is 9.47 Å². The summed E-state index contributed by atoms with van der Waals surface area (Å²) >= 11 is 0. The van der Waals surface area contributed by atoms with Gasteiger partial charge in [0.05, 0.1) is 13.2 Å². The number of unbranched alkanes of at least 4 members (excludes halogenated alkanes) is 1. The zero-order valence-corrected chi connectivity index (χ0v) is 22.5. The smallest absolute Gasteiger partial charge is 0.191 e. The number of hydrogen-bond acceptors (Lipinski definition) is 4.